The highest BCUT2D eigenvalue weighted by molar-refractivity contribution is 5.90. The van der Waals surface area contributed by atoms with Crippen LogP contribution in [0.5, 0.6) is 0 Å². The van der Waals surface area contributed by atoms with Gasteiger partial charge in [0.05, 0.1) is 6.04 Å². The van der Waals surface area contributed by atoms with Crippen LogP contribution in [-0.2, 0) is 0 Å². The van der Waals surface area contributed by atoms with E-state index < -0.39 is 0 Å². The zero-order chi connectivity index (χ0) is 22.4. The van der Waals surface area contributed by atoms with Gasteiger partial charge in [0.15, 0.2) is 0 Å². The fraction of sp³-hybridized carbons (Fsp3) is 0.360. The van der Waals surface area contributed by atoms with Gasteiger partial charge in [0.2, 0.25) is 0 Å². The summed E-state index contributed by atoms with van der Waals surface area (Å²) >= 11 is 0. The van der Waals surface area contributed by atoms with Crippen LogP contribution in [0, 0.1) is 5.41 Å². The summed E-state index contributed by atoms with van der Waals surface area (Å²) in [6, 6.07) is 0.264. The van der Waals surface area contributed by atoms with Crippen LogP contribution in [0.3, 0.4) is 0 Å². The summed E-state index contributed by atoms with van der Waals surface area (Å²) in [6.45, 7) is 10.8. The van der Waals surface area contributed by atoms with Crippen molar-refractivity contribution < 1.29 is 4.79 Å². The second-order valence-corrected chi connectivity index (χ2v) is 8.71. The molecule has 162 valence electrons. The lowest BCUT2D eigenvalue weighted by Crippen LogP contribution is -2.26. The number of carbonyl (C=O) groups excluding carboxylic acids is 1. The van der Waals surface area contributed by atoms with Crippen LogP contribution in [-0.4, -0.2) is 30.2 Å². The van der Waals surface area contributed by atoms with E-state index in [1.807, 2.05) is 23.8 Å². The summed E-state index contributed by atoms with van der Waals surface area (Å²) in [5.41, 5.74) is 4.86. The fourth-order valence-corrected chi connectivity index (χ4v) is 3.96. The maximum absolute atomic E-state index is 12.1. The van der Waals surface area contributed by atoms with Crippen LogP contribution in [0.2, 0.25) is 0 Å². The third-order valence-corrected chi connectivity index (χ3v) is 5.79. The van der Waals surface area contributed by atoms with Crippen LogP contribution in [0.4, 0.5) is 0 Å². The molecule has 1 aliphatic carbocycles. The molecule has 6 heteroatoms. The minimum atomic E-state index is -0.107. The molecule has 0 aliphatic heterocycles. The van der Waals surface area contributed by atoms with Crippen molar-refractivity contribution in [2.24, 2.45) is 5.41 Å². The van der Waals surface area contributed by atoms with Gasteiger partial charge in [0.1, 0.15) is 19.0 Å². The maximum Gasteiger partial charge on any atom is 0.256 e. The smallest absolute Gasteiger partial charge is 0.256 e. The van der Waals surface area contributed by atoms with Gasteiger partial charge in [-0.15, -0.1) is 0 Å². The van der Waals surface area contributed by atoms with Gasteiger partial charge in [-0.25, -0.2) is 14.6 Å². The van der Waals surface area contributed by atoms with Gasteiger partial charge in [0.25, 0.3) is 5.91 Å². The Kier molecular flexibility index (Phi) is 7.00. The number of carbonyl (C=O) groups is 1. The highest BCUT2D eigenvalue weighted by Gasteiger charge is 2.32. The van der Waals surface area contributed by atoms with Gasteiger partial charge in [-0.3, -0.25) is 9.36 Å². The Labute approximate surface area is 184 Å². The number of hydrogen-bond acceptors (Lipinski definition) is 4. The lowest BCUT2D eigenvalue weighted by atomic mass is 9.71. The normalized spacial score (nSPS) is 20.2. The molecule has 0 saturated heterocycles. The van der Waals surface area contributed by atoms with E-state index in [1.54, 1.807) is 31.1 Å². The van der Waals surface area contributed by atoms with Crippen molar-refractivity contribution in [1.29, 1.82) is 0 Å². The van der Waals surface area contributed by atoms with Crippen LogP contribution in [0.1, 0.15) is 58.3 Å². The molecular weight excluding hydrogens is 386 g/mol. The molecule has 31 heavy (non-hydrogen) atoms. The van der Waals surface area contributed by atoms with E-state index >= 15 is 0 Å². The van der Waals surface area contributed by atoms with Crippen LogP contribution >= 0.6 is 0 Å². The summed E-state index contributed by atoms with van der Waals surface area (Å²) in [7, 11) is 0. The summed E-state index contributed by atoms with van der Waals surface area (Å²) in [5.74, 6) is -0.107. The molecule has 0 bridgehead atoms. The summed E-state index contributed by atoms with van der Waals surface area (Å²) in [4.78, 5) is 20.1. The average molecular weight is 418 g/mol. The first-order valence-corrected chi connectivity index (χ1v) is 10.6. The van der Waals surface area contributed by atoms with E-state index in [4.69, 9.17) is 0 Å². The van der Waals surface area contributed by atoms with Crippen molar-refractivity contribution in [3.63, 3.8) is 0 Å². The predicted molar refractivity (Wildman–Crippen MR) is 123 cm³/mol. The maximum atomic E-state index is 12.1. The van der Waals surface area contributed by atoms with E-state index in [9.17, 15) is 4.79 Å². The number of allylic oxidation sites excluding steroid dienone is 10. The molecule has 0 fully saturated rings. The quantitative estimate of drug-likeness (QED) is 0.460. The van der Waals surface area contributed by atoms with Gasteiger partial charge in [0, 0.05) is 18.5 Å². The molecule has 0 saturated carbocycles. The molecule has 3 rings (SSSR count). The van der Waals surface area contributed by atoms with Gasteiger partial charge < -0.3 is 0 Å². The zero-order valence-electron chi connectivity index (χ0n) is 19.0. The average Bonchev–Trinajstić information content (AvgIpc) is 3.41. The molecule has 1 aliphatic rings. The minimum absolute atomic E-state index is 0.107. The fourth-order valence-electron chi connectivity index (χ4n) is 3.96. The summed E-state index contributed by atoms with van der Waals surface area (Å²) in [5, 5.41) is 4.35. The molecule has 0 N–H and O–H groups in total. The van der Waals surface area contributed by atoms with E-state index in [2.05, 4.69) is 61.0 Å². The van der Waals surface area contributed by atoms with Gasteiger partial charge in [-0.2, -0.15) is 5.10 Å². The van der Waals surface area contributed by atoms with Gasteiger partial charge in [-0.1, -0.05) is 49.8 Å². The first-order chi connectivity index (χ1) is 14.8. The third kappa shape index (κ3) is 5.66. The van der Waals surface area contributed by atoms with Crippen molar-refractivity contribution in [3.8, 4) is 0 Å². The molecular formula is C25H31N5O. The standard InChI is InChI=1S/C25H31N5O/c1-19(7-6-8-20(2)15-24(31)29-14-13-26-17-29)9-10-22-21(3)23(11-12-25(22,4)5)30-18-27-16-28-30/h6-10,13-18,23H,11-12H2,1-5H3/b8-6+,10-9+,19-7+,20-15+. The molecule has 1 atom stereocenters. The Balaban J connectivity index is 1.71. The molecule has 0 radical (unpaired) electrons. The lowest BCUT2D eigenvalue weighted by Gasteiger charge is -2.37. The second-order valence-electron chi connectivity index (χ2n) is 8.71. The monoisotopic (exact) mass is 417 g/mol. The second kappa shape index (κ2) is 9.69. The van der Waals surface area contributed by atoms with Crippen LogP contribution < -0.4 is 0 Å². The van der Waals surface area contributed by atoms with E-state index in [1.165, 1.54) is 22.0 Å². The zero-order valence-corrected chi connectivity index (χ0v) is 19.0. The summed E-state index contributed by atoms with van der Waals surface area (Å²) in [6.07, 6.45) is 22.3. The van der Waals surface area contributed by atoms with E-state index in [0.717, 1.165) is 24.0 Å². The van der Waals surface area contributed by atoms with Crippen molar-refractivity contribution in [2.45, 2.75) is 53.5 Å². The minimum Gasteiger partial charge on any atom is -0.273 e. The number of aromatic nitrogens is 5. The van der Waals surface area contributed by atoms with Crippen LogP contribution in [0.25, 0.3) is 0 Å². The first-order valence-electron chi connectivity index (χ1n) is 10.6. The molecule has 2 heterocycles. The molecule has 6 nitrogen and oxygen atoms in total. The van der Waals surface area contributed by atoms with Crippen molar-refractivity contribution in [2.75, 3.05) is 0 Å². The third-order valence-electron chi connectivity index (χ3n) is 5.79. The predicted octanol–water partition coefficient (Wildman–Crippen LogP) is 5.50. The van der Waals surface area contributed by atoms with Crippen molar-refractivity contribution >= 4 is 5.91 Å². The van der Waals surface area contributed by atoms with Crippen LogP contribution in [0.15, 0.2) is 90.1 Å². The Morgan fingerprint density at radius 2 is 1.97 bits per heavy atom. The molecule has 0 amide bonds. The van der Waals surface area contributed by atoms with Crippen molar-refractivity contribution in [1.82, 2.24) is 24.3 Å². The first kappa shape index (κ1) is 22.4. The van der Waals surface area contributed by atoms with E-state index in [0.29, 0.717) is 0 Å². The highest BCUT2D eigenvalue weighted by atomic mass is 16.1. The number of hydrogen-bond donors (Lipinski definition) is 0. The topological polar surface area (TPSA) is 65.6 Å². The summed E-state index contributed by atoms with van der Waals surface area (Å²) < 4.78 is 3.42. The Hall–Kier alpha value is -3.28. The number of rotatable bonds is 6. The Morgan fingerprint density at radius 3 is 2.65 bits per heavy atom. The lowest BCUT2D eigenvalue weighted by molar-refractivity contribution is 0.0968. The van der Waals surface area contributed by atoms with Crippen molar-refractivity contribution in [3.05, 3.63) is 90.1 Å². The molecule has 2 aromatic heterocycles. The number of imidazole rings is 1. The largest absolute Gasteiger partial charge is 0.273 e. The van der Waals surface area contributed by atoms with Gasteiger partial charge in [-0.05, 0) is 55.7 Å². The molecule has 2 aromatic rings. The van der Waals surface area contributed by atoms with E-state index in [-0.39, 0.29) is 17.4 Å². The molecule has 0 spiro atoms. The molecule has 0 aromatic carbocycles. The van der Waals surface area contributed by atoms with Gasteiger partial charge >= 0.3 is 0 Å². The SMILES string of the molecule is CC1=C(/C=C/C(C)=C/C=C/C(C)=C/C(=O)n2ccnc2)C(C)(C)CCC1n1cncn1. The Bertz CT molecular complexity index is 1050. The Morgan fingerprint density at radius 1 is 1.16 bits per heavy atom. The molecule has 1 unspecified atom stereocenters. The highest BCUT2D eigenvalue weighted by Crippen LogP contribution is 2.45. The number of nitrogens with zero attached hydrogens (tertiary/aromatic N) is 5.